The van der Waals surface area contributed by atoms with Gasteiger partial charge in [0.2, 0.25) is 5.91 Å². The number of amides is 2. The molecule has 0 radical (unpaired) electrons. The van der Waals surface area contributed by atoms with Crippen molar-refractivity contribution < 1.29 is 9.59 Å². The van der Waals surface area contributed by atoms with Crippen LogP contribution in [0.3, 0.4) is 0 Å². The molecule has 0 spiro atoms. The molecule has 0 aromatic heterocycles. The summed E-state index contributed by atoms with van der Waals surface area (Å²) in [7, 11) is 0. The minimum atomic E-state index is 0.105. The van der Waals surface area contributed by atoms with Crippen molar-refractivity contribution in [3.05, 3.63) is 65.7 Å². The van der Waals surface area contributed by atoms with Gasteiger partial charge in [-0.15, -0.1) is 0 Å². The molecular weight excluding hydrogens is 386 g/mol. The molecule has 31 heavy (non-hydrogen) atoms. The lowest BCUT2D eigenvalue weighted by Crippen LogP contribution is -2.50. The molecule has 0 unspecified atom stereocenters. The van der Waals surface area contributed by atoms with Crippen molar-refractivity contribution in [3.8, 4) is 0 Å². The number of benzene rings is 2. The number of hydrogen-bond donors (Lipinski definition) is 0. The normalized spacial score (nSPS) is 14.6. The predicted molar refractivity (Wildman–Crippen MR) is 126 cm³/mol. The van der Waals surface area contributed by atoms with Crippen LogP contribution >= 0.6 is 0 Å². The summed E-state index contributed by atoms with van der Waals surface area (Å²) in [6, 6.07) is 17.9. The fraction of sp³-hybridized carbons (Fsp3) is 0.462. The standard InChI is InChI=1S/C26H35N3O2/c1-4-17-28(20-25(30)29(5-2)24-14-10-9-11-21(24)3)23-15-18-27(19-16-23)26(31)22-12-7-6-8-13-22/h6-14,23H,4-5,15-20H2,1-3H3. The average molecular weight is 422 g/mol. The molecule has 0 bridgehead atoms. The van der Waals surface area contributed by atoms with Crippen molar-refractivity contribution in [1.29, 1.82) is 0 Å². The third kappa shape index (κ3) is 5.73. The maximum Gasteiger partial charge on any atom is 0.253 e. The summed E-state index contributed by atoms with van der Waals surface area (Å²) in [5.41, 5.74) is 2.86. The highest BCUT2D eigenvalue weighted by molar-refractivity contribution is 5.95. The minimum Gasteiger partial charge on any atom is -0.339 e. The van der Waals surface area contributed by atoms with Crippen molar-refractivity contribution in [3.63, 3.8) is 0 Å². The van der Waals surface area contributed by atoms with E-state index in [1.54, 1.807) is 0 Å². The van der Waals surface area contributed by atoms with Crippen molar-refractivity contribution in [2.75, 3.05) is 37.6 Å². The van der Waals surface area contributed by atoms with Crippen LogP contribution in [0.5, 0.6) is 0 Å². The van der Waals surface area contributed by atoms with Crippen LogP contribution in [-0.4, -0.2) is 60.4 Å². The smallest absolute Gasteiger partial charge is 0.253 e. The highest BCUT2D eigenvalue weighted by Crippen LogP contribution is 2.22. The molecule has 0 aliphatic carbocycles. The van der Waals surface area contributed by atoms with E-state index < -0.39 is 0 Å². The van der Waals surface area contributed by atoms with Crippen LogP contribution in [0.4, 0.5) is 5.69 Å². The lowest BCUT2D eigenvalue weighted by atomic mass is 10.0. The molecule has 166 valence electrons. The molecule has 0 saturated carbocycles. The molecular formula is C26H35N3O2. The summed E-state index contributed by atoms with van der Waals surface area (Å²) >= 11 is 0. The monoisotopic (exact) mass is 421 g/mol. The summed E-state index contributed by atoms with van der Waals surface area (Å²) < 4.78 is 0. The third-order valence-corrected chi connectivity index (χ3v) is 6.16. The fourth-order valence-corrected chi connectivity index (χ4v) is 4.48. The molecule has 2 aromatic carbocycles. The molecule has 2 amide bonds. The zero-order chi connectivity index (χ0) is 22.2. The number of carbonyl (C=O) groups excluding carboxylic acids is 2. The Morgan fingerprint density at radius 2 is 1.61 bits per heavy atom. The van der Waals surface area contributed by atoms with E-state index in [1.807, 2.05) is 65.3 Å². The van der Waals surface area contributed by atoms with Gasteiger partial charge in [-0.2, -0.15) is 0 Å². The van der Waals surface area contributed by atoms with Gasteiger partial charge < -0.3 is 9.80 Å². The van der Waals surface area contributed by atoms with E-state index in [9.17, 15) is 9.59 Å². The Morgan fingerprint density at radius 1 is 0.968 bits per heavy atom. The first-order chi connectivity index (χ1) is 15.0. The Bertz CT molecular complexity index is 860. The van der Waals surface area contributed by atoms with Gasteiger partial charge in [0, 0.05) is 36.9 Å². The summed E-state index contributed by atoms with van der Waals surface area (Å²) in [6.07, 6.45) is 2.82. The number of likely N-dealkylation sites (tertiary alicyclic amines) is 1. The van der Waals surface area contributed by atoms with Crippen LogP contribution in [-0.2, 0) is 4.79 Å². The number of para-hydroxylation sites is 1. The highest BCUT2D eigenvalue weighted by Gasteiger charge is 2.29. The van der Waals surface area contributed by atoms with Gasteiger partial charge in [0.15, 0.2) is 0 Å². The van der Waals surface area contributed by atoms with E-state index in [-0.39, 0.29) is 11.8 Å². The van der Waals surface area contributed by atoms with E-state index in [4.69, 9.17) is 0 Å². The number of hydrogen-bond acceptors (Lipinski definition) is 3. The molecule has 5 nitrogen and oxygen atoms in total. The van der Waals surface area contributed by atoms with Crippen LogP contribution in [0, 0.1) is 6.92 Å². The van der Waals surface area contributed by atoms with Gasteiger partial charge in [-0.25, -0.2) is 0 Å². The van der Waals surface area contributed by atoms with Gasteiger partial charge in [0.1, 0.15) is 0 Å². The van der Waals surface area contributed by atoms with Crippen LogP contribution in [0.15, 0.2) is 54.6 Å². The molecule has 0 N–H and O–H groups in total. The van der Waals surface area contributed by atoms with E-state index in [1.165, 1.54) is 0 Å². The van der Waals surface area contributed by atoms with Crippen molar-refractivity contribution in [2.45, 2.75) is 46.1 Å². The SMILES string of the molecule is CCCN(CC(=O)N(CC)c1ccccc1C)C1CCN(C(=O)c2ccccc2)CC1. The topological polar surface area (TPSA) is 43.9 Å². The van der Waals surface area contributed by atoms with Gasteiger partial charge in [-0.05, 0) is 63.4 Å². The van der Waals surface area contributed by atoms with Crippen LogP contribution < -0.4 is 4.90 Å². The molecule has 1 aliphatic rings. The molecule has 1 saturated heterocycles. The Balaban J connectivity index is 1.62. The van der Waals surface area contributed by atoms with Crippen molar-refractivity contribution in [2.24, 2.45) is 0 Å². The number of piperidine rings is 1. The Morgan fingerprint density at radius 3 is 2.23 bits per heavy atom. The molecule has 2 aromatic rings. The van der Waals surface area contributed by atoms with Gasteiger partial charge in [0.05, 0.1) is 6.54 Å². The highest BCUT2D eigenvalue weighted by atomic mass is 16.2. The molecule has 0 atom stereocenters. The number of nitrogens with zero attached hydrogens (tertiary/aromatic N) is 3. The van der Waals surface area contributed by atoms with E-state index in [0.717, 1.165) is 55.7 Å². The number of likely N-dealkylation sites (N-methyl/N-ethyl adjacent to an activating group) is 1. The predicted octanol–water partition coefficient (Wildman–Crippen LogP) is 4.36. The van der Waals surface area contributed by atoms with Gasteiger partial charge in [0.25, 0.3) is 5.91 Å². The maximum atomic E-state index is 13.2. The summed E-state index contributed by atoms with van der Waals surface area (Å²) in [5.74, 6) is 0.252. The van der Waals surface area contributed by atoms with E-state index >= 15 is 0 Å². The van der Waals surface area contributed by atoms with Crippen LogP contribution in [0.2, 0.25) is 0 Å². The molecule has 1 aliphatic heterocycles. The second-order valence-electron chi connectivity index (χ2n) is 8.28. The summed E-state index contributed by atoms with van der Waals surface area (Å²) in [4.78, 5) is 32.2. The maximum absolute atomic E-state index is 13.2. The van der Waals surface area contributed by atoms with Crippen LogP contribution in [0.1, 0.15) is 49.0 Å². The number of aryl methyl sites for hydroxylation is 1. The number of rotatable bonds is 8. The second kappa shape index (κ2) is 11.1. The zero-order valence-corrected chi connectivity index (χ0v) is 19.1. The Kier molecular flexibility index (Phi) is 8.24. The van der Waals surface area contributed by atoms with E-state index in [0.29, 0.717) is 19.1 Å². The molecule has 5 heteroatoms. The van der Waals surface area contributed by atoms with Gasteiger partial charge in [-0.1, -0.05) is 43.3 Å². The molecule has 1 fully saturated rings. The molecule has 3 rings (SSSR count). The quantitative estimate of drug-likeness (QED) is 0.636. The van der Waals surface area contributed by atoms with E-state index in [2.05, 4.69) is 24.8 Å². The lowest BCUT2D eigenvalue weighted by Gasteiger charge is -2.39. The first-order valence-electron chi connectivity index (χ1n) is 11.5. The Hall–Kier alpha value is -2.66. The van der Waals surface area contributed by atoms with Gasteiger partial charge >= 0.3 is 0 Å². The minimum absolute atomic E-state index is 0.105. The zero-order valence-electron chi connectivity index (χ0n) is 19.1. The number of carbonyl (C=O) groups is 2. The van der Waals surface area contributed by atoms with Crippen LogP contribution in [0.25, 0.3) is 0 Å². The van der Waals surface area contributed by atoms with Gasteiger partial charge in [-0.3, -0.25) is 14.5 Å². The van der Waals surface area contributed by atoms with Crippen molar-refractivity contribution >= 4 is 17.5 Å². The summed E-state index contributed by atoms with van der Waals surface area (Å²) in [6.45, 7) is 9.70. The third-order valence-electron chi connectivity index (χ3n) is 6.16. The number of anilines is 1. The Labute approximate surface area is 186 Å². The lowest BCUT2D eigenvalue weighted by molar-refractivity contribution is -0.120. The molecule has 1 heterocycles. The summed E-state index contributed by atoms with van der Waals surface area (Å²) in [5, 5.41) is 0. The first-order valence-corrected chi connectivity index (χ1v) is 11.5. The average Bonchev–Trinajstić information content (AvgIpc) is 2.81. The largest absolute Gasteiger partial charge is 0.339 e. The van der Waals surface area contributed by atoms with Crippen molar-refractivity contribution in [1.82, 2.24) is 9.80 Å². The fourth-order valence-electron chi connectivity index (χ4n) is 4.48. The first kappa shape index (κ1) is 23.0. The second-order valence-corrected chi connectivity index (χ2v) is 8.28.